The SMILES string of the molecule is CSc1nc(N2CCCC2)c2cnn(CCNC(=O)c3cc(-c4ccc(F)cc4)n[nH]3)c2n1. The monoisotopic (exact) mass is 466 g/mol. The average molecular weight is 467 g/mol. The number of carbonyl (C=O) groups excluding carboxylic acids is 1. The second-order valence-corrected chi connectivity index (χ2v) is 8.54. The van der Waals surface area contributed by atoms with Gasteiger partial charge >= 0.3 is 0 Å². The zero-order valence-corrected chi connectivity index (χ0v) is 18.9. The lowest BCUT2D eigenvalue weighted by Crippen LogP contribution is -2.28. The van der Waals surface area contributed by atoms with E-state index in [0.29, 0.717) is 29.6 Å². The Morgan fingerprint density at radius 1 is 1.21 bits per heavy atom. The first kappa shape index (κ1) is 21.4. The van der Waals surface area contributed by atoms with Gasteiger partial charge in [0.15, 0.2) is 10.8 Å². The van der Waals surface area contributed by atoms with E-state index in [4.69, 9.17) is 4.98 Å². The van der Waals surface area contributed by atoms with Crippen molar-refractivity contribution in [2.75, 3.05) is 30.8 Å². The lowest BCUT2D eigenvalue weighted by Gasteiger charge is -2.17. The summed E-state index contributed by atoms with van der Waals surface area (Å²) in [6.07, 6.45) is 6.09. The number of fused-ring (bicyclic) bond motifs is 1. The number of nitrogens with one attached hydrogen (secondary N) is 2. The van der Waals surface area contributed by atoms with E-state index in [1.807, 2.05) is 6.26 Å². The van der Waals surface area contributed by atoms with Gasteiger partial charge in [-0.2, -0.15) is 10.2 Å². The van der Waals surface area contributed by atoms with Crippen LogP contribution in [0.2, 0.25) is 0 Å². The first-order valence-electron chi connectivity index (χ1n) is 10.7. The number of rotatable bonds is 7. The molecule has 33 heavy (non-hydrogen) atoms. The smallest absolute Gasteiger partial charge is 0.269 e. The fourth-order valence-corrected chi connectivity index (χ4v) is 4.28. The zero-order valence-electron chi connectivity index (χ0n) is 18.1. The summed E-state index contributed by atoms with van der Waals surface area (Å²) in [5.41, 5.74) is 2.41. The number of H-pyrrole nitrogens is 1. The van der Waals surface area contributed by atoms with Crippen molar-refractivity contribution >= 4 is 34.5 Å². The molecule has 170 valence electrons. The fraction of sp³-hybridized carbons (Fsp3) is 0.318. The van der Waals surface area contributed by atoms with E-state index >= 15 is 0 Å². The third-order valence-corrected chi connectivity index (χ3v) is 6.16. The summed E-state index contributed by atoms with van der Waals surface area (Å²) in [6.45, 7) is 2.83. The van der Waals surface area contributed by atoms with Crippen molar-refractivity contribution in [3.63, 3.8) is 0 Å². The molecule has 1 aromatic carbocycles. The molecule has 0 unspecified atom stereocenters. The molecule has 2 N–H and O–H groups in total. The van der Waals surface area contributed by atoms with Gasteiger partial charge in [-0.15, -0.1) is 0 Å². The minimum atomic E-state index is -0.319. The molecule has 0 saturated carbocycles. The molecule has 0 bridgehead atoms. The van der Waals surface area contributed by atoms with Crippen LogP contribution in [0, 0.1) is 5.82 Å². The van der Waals surface area contributed by atoms with Gasteiger partial charge in [-0.05, 0) is 49.4 Å². The quantitative estimate of drug-likeness (QED) is 0.319. The summed E-state index contributed by atoms with van der Waals surface area (Å²) >= 11 is 1.50. The standard InChI is InChI=1S/C22H23FN8OS/c1-33-22-26-19(30-9-2-3-10-30)16-13-25-31(20(16)27-22)11-8-24-21(32)18-12-17(28-29-18)14-4-6-15(23)7-5-14/h4-7,12-13H,2-3,8-11H2,1H3,(H,24,32)(H,28,29). The van der Waals surface area contributed by atoms with Gasteiger partial charge in [0, 0.05) is 25.2 Å². The molecule has 0 radical (unpaired) electrons. The van der Waals surface area contributed by atoms with Gasteiger partial charge in [0.05, 0.1) is 23.8 Å². The topological polar surface area (TPSA) is 105 Å². The molecular formula is C22H23FN8OS. The van der Waals surface area contributed by atoms with Gasteiger partial charge in [0.2, 0.25) is 0 Å². The molecule has 1 fully saturated rings. The summed E-state index contributed by atoms with van der Waals surface area (Å²) in [4.78, 5) is 24.2. The van der Waals surface area contributed by atoms with Gasteiger partial charge in [-0.1, -0.05) is 11.8 Å². The summed E-state index contributed by atoms with van der Waals surface area (Å²) in [6, 6.07) is 7.61. The molecule has 4 heterocycles. The average Bonchev–Trinajstić information content (AvgIpc) is 3.60. The normalized spacial score (nSPS) is 13.7. The Kier molecular flexibility index (Phi) is 5.95. The maximum absolute atomic E-state index is 13.1. The number of carbonyl (C=O) groups is 1. The molecule has 5 rings (SSSR count). The second kappa shape index (κ2) is 9.18. The molecule has 0 aliphatic carbocycles. The second-order valence-electron chi connectivity index (χ2n) is 7.76. The fourth-order valence-electron chi connectivity index (χ4n) is 3.92. The van der Waals surface area contributed by atoms with Crippen molar-refractivity contribution in [3.8, 4) is 11.3 Å². The minimum Gasteiger partial charge on any atom is -0.356 e. The highest BCUT2D eigenvalue weighted by Gasteiger charge is 2.20. The summed E-state index contributed by atoms with van der Waals surface area (Å²) in [5, 5.41) is 15.9. The molecule has 0 spiro atoms. The van der Waals surface area contributed by atoms with Crippen LogP contribution in [0.25, 0.3) is 22.3 Å². The van der Waals surface area contributed by atoms with E-state index in [1.165, 1.54) is 23.9 Å². The lowest BCUT2D eigenvalue weighted by atomic mass is 10.1. The van der Waals surface area contributed by atoms with Crippen LogP contribution in [0.1, 0.15) is 23.3 Å². The maximum Gasteiger partial charge on any atom is 0.269 e. The van der Waals surface area contributed by atoms with E-state index in [9.17, 15) is 9.18 Å². The number of hydrogen-bond donors (Lipinski definition) is 2. The van der Waals surface area contributed by atoms with E-state index in [-0.39, 0.29) is 11.7 Å². The molecule has 1 aliphatic heterocycles. The van der Waals surface area contributed by atoms with Gasteiger partial charge < -0.3 is 10.2 Å². The summed E-state index contributed by atoms with van der Waals surface area (Å²) < 4.78 is 14.9. The predicted molar refractivity (Wildman–Crippen MR) is 125 cm³/mol. The third-order valence-electron chi connectivity index (χ3n) is 5.62. The van der Waals surface area contributed by atoms with Crippen LogP contribution >= 0.6 is 11.8 Å². The minimum absolute atomic E-state index is 0.274. The van der Waals surface area contributed by atoms with Crippen molar-refractivity contribution < 1.29 is 9.18 Å². The molecule has 3 aromatic heterocycles. The Morgan fingerprint density at radius 2 is 2.00 bits per heavy atom. The molecule has 1 amide bonds. The van der Waals surface area contributed by atoms with Crippen molar-refractivity contribution in [3.05, 3.63) is 48.0 Å². The van der Waals surface area contributed by atoms with E-state index in [2.05, 4.69) is 30.5 Å². The van der Waals surface area contributed by atoms with Crippen LogP contribution in [0.5, 0.6) is 0 Å². The van der Waals surface area contributed by atoms with Crippen LogP contribution in [-0.4, -0.2) is 61.7 Å². The number of amides is 1. The molecule has 0 atom stereocenters. The number of nitrogens with zero attached hydrogens (tertiary/aromatic N) is 6. The molecular weight excluding hydrogens is 443 g/mol. The number of halogens is 1. The first-order valence-corrected chi connectivity index (χ1v) is 12.0. The Hall–Kier alpha value is -3.47. The molecule has 1 saturated heterocycles. The van der Waals surface area contributed by atoms with Crippen molar-refractivity contribution in [2.45, 2.75) is 24.5 Å². The Labute approximate surface area is 193 Å². The van der Waals surface area contributed by atoms with Crippen molar-refractivity contribution in [1.29, 1.82) is 0 Å². The largest absolute Gasteiger partial charge is 0.356 e. The summed E-state index contributed by atoms with van der Waals surface area (Å²) in [7, 11) is 0. The van der Waals surface area contributed by atoms with Crippen LogP contribution in [0.3, 0.4) is 0 Å². The number of aromatic nitrogens is 6. The van der Waals surface area contributed by atoms with Crippen molar-refractivity contribution in [2.24, 2.45) is 0 Å². The number of aromatic amines is 1. The maximum atomic E-state index is 13.1. The summed E-state index contributed by atoms with van der Waals surface area (Å²) in [5.74, 6) is 0.341. The molecule has 9 nitrogen and oxygen atoms in total. The predicted octanol–water partition coefficient (Wildman–Crippen LogP) is 3.11. The Bertz CT molecular complexity index is 1280. The van der Waals surface area contributed by atoms with Gasteiger partial charge in [0.25, 0.3) is 5.91 Å². The van der Waals surface area contributed by atoms with E-state index < -0.39 is 0 Å². The van der Waals surface area contributed by atoms with Crippen LogP contribution in [0.15, 0.2) is 41.7 Å². The number of thioether (sulfide) groups is 1. The molecule has 4 aromatic rings. The number of anilines is 1. The zero-order chi connectivity index (χ0) is 22.8. The number of benzene rings is 1. The van der Waals surface area contributed by atoms with Crippen LogP contribution < -0.4 is 10.2 Å². The third kappa shape index (κ3) is 4.40. The van der Waals surface area contributed by atoms with Crippen molar-refractivity contribution in [1.82, 2.24) is 35.3 Å². The lowest BCUT2D eigenvalue weighted by molar-refractivity contribution is 0.0947. The molecule has 1 aliphatic rings. The number of hydrogen-bond acceptors (Lipinski definition) is 7. The van der Waals surface area contributed by atoms with Gasteiger partial charge in [-0.25, -0.2) is 19.0 Å². The van der Waals surface area contributed by atoms with E-state index in [1.54, 1.807) is 29.1 Å². The Morgan fingerprint density at radius 3 is 2.76 bits per heavy atom. The first-order chi connectivity index (χ1) is 16.1. The highest BCUT2D eigenvalue weighted by atomic mass is 32.2. The highest BCUT2D eigenvalue weighted by molar-refractivity contribution is 7.98. The van der Waals surface area contributed by atoms with Crippen LogP contribution in [-0.2, 0) is 6.54 Å². The highest BCUT2D eigenvalue weighted by Crippen LogP contribution is 2.28. The van der Waals surface area contributed by atoms with Gasteiger partial charge in [-0.3, -0.25) is 9.89 Å². The van der Waals surface area contributed by atoms with E-state index in [0.717, 1.165) is 48.3 Å². The Balaban J connectivity index is 1.27. The molecule has 11 heteroatoms. The van der Waals surface area contributed by atoms with Crippen LogP contribution in [0.4, 0.5) is 10.2 Å². The van der Waals surface area contributed by atoms with Gasteiger partial charge in [0.1, 0.15) is 17.3 Å².